The molecule has 3 rings (SSSR count). The molecule has 0 spiro atoms. The van der Waals surface area contributed by atoms with Gasteiger partial charge in [-0.25, -0.2) is 0 Å². The molecule has 2 bridgehead atoms. The van der Waals surface area contributed by atoms with Gasteiger partial charge in [0.1, 0.15) is 5.75 Å². The van der Waals surface area contributed by atoms with Crippen molar-refractivity contribution in [2.24, 2.45) is 0 Å². The normalized spacial score (nSPS) is 28.2. The Morgan fingerprint density at radius 1 is 1.50 bits per heavy atom. The summed E-state index contributed by atoms with van der Waals surface area (Å²) in [6.45, 7) is 2.22. The molecule has 16 heavy (non-hydrogen) atoms. The Hall–Kier alpha value is -1.29. The summed E-state index contributed by atoms with van der Waals surface area (Å²) in [4.78, 5) is 6.68. The van der Waals surface area contributed by atoms with Gasteiger partial charge in [-0.3, -0.25) is 4.98 Å². The number of anilines is 1. The van der Waals surface area contributed by atoms with E-state index >= 15 is 0 Å². The van der Waals surface area contributed by atoms with Gasteiger partial charge in [0.05, 0.1) is 25.2 Å². The van der Waals surface area contributed by atoms with Gasteiger partial charge in [-0.05, 0) is 12.8 Å². The average molecular weight is 219 g/mol. The van der Waals surface area contributed by atoms with Crippen LogP contribution in [-0.2, 0) is 0 Å². The number of piperidine rings is 1. The Morgan fingerprint density at radius 3 is 3.31 bits per heavy atom. The van der Waals surface area contributed by atoms with Gasteiger partial charge in [-0.2, -0.15) is 0 Å². The number of hydrogen-bond donors (Lipinski definition) is 1. The van der Waals surface area contributed by atoms with E-state index in [9.17, 15) is 0 Å². The molecule has 0 amide bonds. The van der Waals surface area contributed by atoms with Crippen molar-refractivity contribution in [3.05, 3.63) is 18.5 Å². The second-order valence-electron chi connectivity index (χ2n) is 4.56. The summed E-state index contributed by atoms with van der Waals surface area (Å²) in [7, 11) is 1.68. The third-order valence-corrected chi connectivity index (χ3v) is 3.62. The zero-order valence-corrected chi connectivity index (χ0v) is 9.52. The van der Waals surface area contributed by atoms with E-state index in [0.29, 0.717) is 6.04 Å². The summed E-state index contributed by atoms with van der Waals surface area (Å²) < 4.78 is 5.22. The van der Waals surface area contributed by atoms with Gasteiger partial charge in [0.15, 0.2) is 0 Å². The molecule has 2 aliphatic heterocycles. The molecule has 1 aromatic rings. The predicted octanol–water partition coefficient (Wildman–Crippen LogP) is 1.03. The minimum atomic E-state index is 0.632. The molecule has 2 saturated heterocycles. The maximum Gasteiger partial charge on any atom is 0.139 e. The van der Waals surface area contributed by atoms with Crippen LogP contribution in [0.4, 0.5) is 5.69 Å². The largest absolute Gasteiger partial charge is 0.495 e. The van der Waals surface area contributed by atoms with Crippen LogP contribution >= 0.6 is 0 Å². The van der Waals surface area contributed by atoms with E-state index in [1.165, 1.54) is 18.5 Å². The lowest BCUT2D eigenvalue weighted by Crippen LogP contribution is -2.40. The van der Waals surface area contributed by atoms with Gasteiger partial charge < -0.3 is 15.0 Å². The van der Waals surface area contributed by atoms with Crippen molar-refractivity contribution in [2.75, 3.05) is 25.1 Å². The van der Waals surface area contributed by atoms with E-state index in [1.54, 1.807) is 13.3 Å². The van der Waals surface area contributed by atoms with Gasteiger partial charge in [-0.15, -0.1) is 0 Å². The van der Waals surface area contributed by atoms with Crippen LogP contribution in [-0.4, -0.2) is 37.3 Å². The summed E-state index contributed by atoms with van der Waals surface area (Å²) in [6.07, 6.45) is 6.18. The van der Waals surface area contributed by atoms with Crippen LogP contribution < -0.4 is 15.0 Å². The van der Waals surface area contributed by atoms with Crippen LogP contribution in [0.1, 0.15) is 12.8 Å². The zero-order chi connectivity index (χ0) is 11.0. The van der Waals surface area contributed by atoms with Gasteiger partial charge in [-0.1, -0.05) is 0 Å². The number of pyridine rings is 1. The fourth-order valence-electron chi connectivity index (χ4n) is 2.75. The second kappa shape index (κ2) is 3.94. The van der Waals surface area contributed by atoms with Crippen molar-refractivity contribution >= 4 is 5.69 Å². The highest BCUT2D eigenvalue weighted by molar-refractivity contribution is 5.50. The van der Waals surface area contributed by atoms with E-state index in [1.807, 2.05) is 6.20 Å². The van der Waals surface area contributed by atoms with Crippen LogP contribution in [0.5, 0.6) is 5.75 Å². The number of hydrogen-bond acceptors (Lipinski definition) is 4. The quantitative estimate of drug-likeness (QED) is 0.806. The topological polar surface area (TPSA) is 37.4 Å². The molecular weight excluding hydrogens is 202 g/mol. The zero-order valence-electron chi connectivity index (χ0n) is 9.52. The molecule has 1 aromatic heterocycles. The number of fused-ring (bicyclic) bond motifs is 2. The van der Waals surface area contributed by atoms with Crippen LogP contribution in [0.3, 0.4) is 0 Å². The van der Waals surface area contributed by atoms with Crippen molar-refractivity contribution in [2.45, 2.75) is 24.9 Å². The van der Waals surface area contributed by atoms with Crippen molar-refractivity contribution in [3.63, 3.8) is 0 Å². The van der Waals surface area contributed by atoms with Crippen LogP contribution in [0, 0.1) is 0 Å². The SMILES string of the molecule is COc1cncc(N2CC[C@H]3C[C@@H]2CN3)c1. The van der Waals surface area contributed by atoms with E-state index in [0.717, 1.165) is 24.9 Å². The molecule has 2 fully saturated rings. The number of nitrogens with one attached hydrogen (secondary N) is 1. The number of ether oxygens (including phenoxy) is 1. The first-order valence-electron chi connectivity index (χ1n) is 5.86. The minimum absolute atomic E-state index is 0.632. The molecular formula is C12H17N3O. The standard InChI is InChI=1S/C12H17N3O/c1-16-12-5-11(6-13-8-12)15-3-2-9-4-10(15)7-14-9/h5-6,8-10,14H,2-4,7H2,1H3/t9-,10+/m0/s1. The van der Waals surface area contributed by atoms with E-state index in [4.69, 9.17) is 4.74 Å². The molecule has 4 heteroatoms. The molecule has 2 aliphatic rings. The highest BCUT2D eigenvalue weighted by Crippen LogP contribution is 2.29. The van der Waals surface area contributed by atoms with Crippen molar-refractivity contribution in [1.29, 1.82) is 0 Å². The Balaban J connectivity index is 1.85. The Labute approximate surface area is 95.6 Å². The summed E-state index contributed by atoms with van der Waals surface area (Å²) in [5.41, 5.74) is 1.19. The smallest absolute Gasteiger partial charge is 0.139 e. The molecule has 4 nitrogen and oxygen atoms in total. The van der Waals surface area contributed by atoms with E-state index in [2.05, 4.69) is 21.3 Å². The second-order valence-corrected chi connectivity index (χ2v) is 4.56. The number of nitrogens with zero attached hydrogens (tertiary/aromatic N) is 2. The molecule has 0 radical (unpaired) electrons. The lowest BCUT2D eigenvalue weighted by Gasteiger charge is -2.34. The molecule has 0 unspecified atom stereocenters. The highest BCUT2D eigenvalue weighted by Gasteiger charge is 2.33. The molecule has 2 atom stereocenters. The first kappa shape index (κ1) is 9.90. The Bertz CT molecular complexity index is 382. The van der Waals surface area contributed by atoms with Crippen molar-refractivity contribution in [3.8, 4) is 5.75 Å². The molecule has 0 aliphatic carbocycles. The third-order valence-electron chi connectivity index (χ3n) is 3.62. The lowest BCUT2D eigenvalue weighted by molar-refractivity contribution is 0.412. The number of methoxy groups -OCH3 is 1. The molecule has 0 aromatic carbocycles. The molecule has 86 valence electrons. The number of aromatic nitrogens is 1. The van der Waals surface area contributed by atoms with Gasteiger partial charge in [0.2, 0.25) is 0 Å². The Kier molecular flexibility index (Phi) is 2.44. The first-order chi connectivity index (χ1) is 7.86. The van der Waals surface area contributed by atoms with Crippen LogP contribution in [0.2, 0.25) is 0 Å². The fraction of sp³-hybridized carbons (Fsp3) is 0.583. The molecule has 0 saturated carbocycles. The van der Waals surface area contributed by atoms with Crippen LogP contribution in [0.25, 0.3) is 0 Å². The summed E-state index contributed by atoms with van der Waals surface area (Å²) in [5, 5.41) is 3.55. The monoisotopic (exact) mass is 219 g/mol. The minimum Gasteiger partial charge on any atom is -0.495 e. The fourth-order valence-corrected chi connectivity index (χ4v) is 2.75. The van der Waals surface area contributed by atoms with Crippen molar-refractivity contribution in [1.82, 2.24) is 10.3 Å². The molecule has 3 heterocycles. The number of rotatable bonds is 2. The summed E-state index contributed by atoms with van der Waals surface area (Å²) in [5.74, 6) is 0.838. The summed E-state index contributed by atoms with van der Waals surface area (Å²) in [6, 6.07) is 3.44. The first-order valence-corrected chi connectivity index (χ1v) is 5.86. The lowest BCUT2D eigenvalue weighted by atomic mass is 10.0. The van der Waals surface area contributed by atoms with Crippen LogP contribution in [0.15, 0.2) is 18.5 Å². The highest BCUT2D eigenvalue weighted by atomic mass is 16.5. The third kappa shape index (κ3) is 1.63. The molecule has 1 N–H and O–H groups in total. The van der Waals surface area contributed by atoms with Crippen molar-refractivity contribution < 1.29 is 4.74 Å². The van der Waals surface area contributed by atoms with E-state index in [-0.39, 0.29) is 0 Å². The average Bonchev–Trinajstić information content (AvgIpc) is 2.71. The van der Waals surface area contributed by atoms with Gasteiger partial charge in [0, 0.05) is 31.2 Å². The maximum absolute atomic E-state index is 5.22. The van der Waals surface area contributed by atoms with E-state index < -0.39 is 0 Å². The van der Waals surface area contributed by atoms with Gasteiger partial charge >= 0.3 is 0 Å². The summed E-state index contributed by atoms with van der Waals surface area (Å²) >= 11 is 0. The predicted molar refractivity (Wildman–Crippen MR) is 62.9 cm³/mol. The Morgan fingerprint density at radius 2 is 2.44 bits per heavy atom. The van der Waals surface area contributed by atoms with Gasteiger partial charge in [0.25, 0.3) is 0 Å². The maximum atomic E-state index is 5.22.